The van der Waals surface area contributed by atoms with Crippen molar-refractivity contribution >= 4 is 0 Å². The van der Waals surface area contributed by atoms with Gasteiger partial charge in [0.1, 0.15) is 5.82 Å². The second-order valence-electron chi connectivity index (χ2n) is 3.80. The molecule has 1 aliphatic carbocycles. The third kappa shape index (κ3) is 1.73. The van der Waals surface area contributed by atoms with Gasteiger partial charge in [0.05, 0.1) is 6.10 Å². The summed E-state index contributed by atoms with van der Waals surface area (Å²) < 4.78 is 12.6. The van der Waals surface area contributed by atoms with Crippen LogP contribution in [0.15, 0.2) is 24.3 Å². The lowest BCUT2D eigenvalue weighted by atomic mass is 10.1. The second kappa shape index (κ2) is 3.11. The first-order valence-corrected chi connectivity index (χ1v) is 4.62. The van der Waals surface area contributed by atoms with E-state index in [-0.39, 0.29) is 11.9 Å². The van der Waals surface area contributed by atoms with Crippen LogP contribution >= 0.6 is 0 Å². The highest BCUT2D eigenvalue weighted by molar-refractivity contribution is 5.26. The zero-order valence-corrected chi connectivity index (χ0v) is 7.57. The Hall–Kier alpha value is -0.890. The maximum atomic E-state index is 12.6. The number of hydrogen-bond donors (Lipinski definition) is 1. The summed E-state index contributed by atoms with van der Waals surface area (Å²) >= 11 is 0. The third-order valence-corrected chi connectivity index (χ3v) is 2.76. The van der Waals surface area contributed by atoms with E-state index in [1.807, 2.05) is 19.1 Å². The molecule has 0 spiro atoms. The summed E-state index contributed by atoms with van der Waals surface area (Å²) in [6.45, 7) is 1.81. The van der Waals surface area contributed by atoms with E-state index in [2.05, 4.69) is 0 Å². The first-order chi connectivity index (χ1) is 6.18. The van der Waals surface area contributed by atoms with Crippen LogP contribution in [0.25, 0.3) is 0 Å². The van der Waals surface area contributed by atoms with Crippen LogP contribution in [-0.2, 0) is 0 Å². The molecule has 1 N–H and O–H groups in total. The van der Waals surface area contributed by atoms with Crippen molar-refractivity contribution in [2.24, 2.45) is 5.92 Å². The Morgan fingerprint density at radius 1 is 1.38 bits per heavy atom. The fourth-order valence-electron chi connectivity index (χ4n) is 1.84. The van der Waals surface area contributed by atoms with Crippen molar-refractivity contribution in [3.8, 4) is 0 Å². The molecule has 0 bridgehead atoms. The van der Waals surface area contributed by atoms with Crippen molar-refractivity contribution < 1.29 is 9.50 Å². The monoisotopic (exact) mass is 180 g/mol. The molecule has 0 amide bonds. The second-order valence-corrected chi connectivity index (χ2v) is 3.80. The molecule has 0 aromatic heterocycles. The summed E-state index contributed by atoms with van der Waals surface area (Å²) in [4.78, 5) is 0. The molecular weight excluding hydrogens is 167 g/mol. The van der Waals surface area contributed by atoms with E-state index >= 15 is 0 Å². The van der Waals surface area contributed by atoms with Crippen LogP contribution in [0.3, 0.4) is 0 Å². The summed E-state index contributed by atoms with van der Waals surface area (Å²) in [6.07, 6.45) is 0.790. The maximum absolute atomic E-state index is 12.6. The quantitative estimate of drug-likeness (QED) is 0.740. The number of benzene rings is 1. The van der Waals surface area contributed by atoms with E-state index < -0.39 is 0 Å². The molecule has 0 heterocycles. The van der Waals surface area contributed by atoms with Crippen LogP contribution in [0, 0.1) is 11.7 Å². The number of halogens is 1. The first kappa shape index (κ1) is 8.70. The molecule has 2 rings (SSSR count). The first-order valence-electron chi connectivity index (χ1n) is 4.62. The van der Waals surface area contributed by atoms with Gasteiger partial charge in [0.25, 0.3) is 0 Å². The average molecular weight is 180 g/mol. The van der Waals surface area contributed by atoms with Crippen molar-refractivity contribution in [3.05, 3.63) is 35.6 Å². The molecule has 1 fully saturated rings. The van der Waals surface area contributed by atoms with Gasteiger partial charge in [0.15, 0.2) is 0 Å². The van der Waals surface area contributed by atoms with E-state index in [0.29, 0.717) is 11.8 Å². The molecular formula is C11H13FO. The molecule has 3 atom stereocenters. The maximum Gasteiger partial charge on any atom is 0.123 e. The van der Waals surface area contributed by atoms with E-state index in [0.717, 1.165) is 12.0 Å². The molecule has 13 heavy (non-hydrogen) atoms. The van der Waals surface area contributed by atoms with E-state index in [9.17, 15) is 9.50 Å². The molecule has 1 aromatic carbocycles. The lowest BCUT2D eigenvalue weighted by Crippen LogP contribution is -2.03. The molecule has 0 radical (unpaired) electrons. The summed E-state index contributed by atoms with van der Waals surface area (Å²) in [7, 11) is 0. The average Bonchev–Trinajstić information content (AvgIpc) is 2.85. The van der Waals surface area contributed by atoms with Crippen LogP contribution in [0.1, 0.15) is 24.8 Å². The van der Waals surface area contributed by atoms with Gasteiger partial charge >= 0.3 is 0 Å². The largest absolute Gasteiger partial charge is 0.393 e. The number of hydrogen-bond acceptors (Lipinski definition) is 1. The highest BCUT2D eigenvalue weighted by Gasteiger charge is 2.41. The third-order valence-electron chi connectivity index (χ3n) is 2.76. The SMILES string of the molecule is C[C@H](O)[C@@H]1C[C@@H]1c1ccc(F)cc1. The zero-order chi connectivity index (χ0) is 9.42. The molecule has 1 aromatic rings. The van der Waals surface area contributed by atoms with E-state index in [1.165, 1.54) is 12.1 Å². The van der Waals surface area contributed by atoms with Gasteiger partial charge in [-0.25, -0.2) is 4.39 Å². The van der Waals surface area contributed by atoms with Crippen molar-refractivity contribution in [2.75, 3.05) is 0 Å². The van der Waals surface area contributed by atoms with Crippen LogP contribution in [-0.4, -0.2) is 11.2 Å². The minimum atomic E-state index is -0.241. The number of rotatable bonds is 2. The normalized spacial score (nSPS) is 28.5. The van der Waals surface area contributed by atoms with Gasteiger partial charge < -0.3 is 5.11 Å². The Morgan fingerprint density at radius 3 is 2.46 bits per heavy atom. The highest BCUT2D eigenvalue weighted by Crippen LogP contribution is 2.49. The number of aliphatic hydroxyl groups is 1. The summed E-state index contributed by atoms with van der Waals surface area (Å²) in [5.74, 6) is 0.629. The fraction of sp³-hybridized carbons (Fsp3) is 0.455. The van der Waals surface area contributed by atoms with E-state index in [4.69, 9.17) is 0 Å². The van der Waals surface area contributed by atoms with Gasteiger partial charge in [-0.2, -0.15) is 0 Å². The molecule has 1 nitrogen and oxygen atoms in total. The van der Waals surface area contributed by atoms with Crippen LogP contribution in [0.5, 0.6) is 0 Å². The standard InChI is InChI=1S/C11H13FO/c1-7(13)10-6-11(10)8-2-4-9(12)5-3-8/h2-5,7,10-11,13H,6H2,1H3/t7-,10-,11+/m0/s1. The molecule has 0 saturated heterocycles. The van der Waals surface area contributed by atoms with Gasteiger partial charge in [-0.1, -0.05) is 12.1 Å². The molecule has 1 saturated carbocycles. The van der Waals surface area contributed by atoms with Gasteiger partial charge in [-0.05, 0) is 42.9 Å². The van der Waals surface area contributed by atoms with Crippen molar-refractivity contribution in [1.82, 2.24) is 0 Å². The summed E-state index contributed by atoms with van der Waals surface area (Å²) in [5, 5.41) is 9.30. The molecule has 0 unspecified atom stereocenters. The zero-order valence-electron chi connectivity index (χ0n) is 7.57. The Kier molecular flexibility index (Phi) is 2.08. The van der Waals surface area contributed by atoms with Gasteiger partial charge in [-0.15, -0.1) is 0 Å². The van der Waals surface area contributed by atoms with Crippen LogP contribution < -0.4 is 0 Å². The molecule has 0 aliphatic heterocycles. The highest BCUT2D eigenvalue weighted by atomic mass is 19.1. The molecule has 2 heteroatoms. The lowest BCUT2D eigenvalue weighted by molar-refractivity contribution is 0.169. The fourth-order valence-corrected chi connectivity index (χ4v) is 1.84. The summed E-state index contributed by atoms with van der Waals surface area (Å²) in [5.41, 5.74) is 1.15. The molecule has 1 aliphatic rings. The van der Waals surface area contributed by atoms with Gasteiger partial charge in [0, 0.05) is 0 Å². The van der Waals surface area contributed by atoms with Gasteiger partial charge in [0.2, 0.25) is 0 Å². The van der Waals surface area contributed by atoms with Crippen LogP contribution in [0.4, 0.5) is 4.39 Å². The smallest absolute Gasteiger partial charge is 0.123 e. The topological polar surface area (TPSA) is 20.2 Å². The Labute approximate surface area is 77.2 Å². The Morgan fingerprint density at radius 2 is 2.00 bits per heavy atom. The Bertz CT molecular complexity index is 291. The lowest BCUT2D eigenvalue weighted by Gasteiger charge is -2.02. The van der Waals surface area contributed by atoms with Crippen molar-refractivity contribution in [3.63, 3.8) is 0 Å². The predicted molar refractivity (Wildman–Crippen MR) is 48.9 cm³/mol. The van der Waals surface area contributed by atoms with Crippen molar-refractivity contribution in [1.29, 1.82) is 0 Å². The van der Waals surface area contributed by atoms with E-state index in [1.54, 1.807) is 0 Å². The summed E-state index contributed by atoms with van der Waals surface area (Å²) in [6, 6.07) is 6.57. The Balaban J connectivity index is 2.08. The van der Waals surface area contributed by atoms with Crippen molar-refractivity contribution in [2.45, 2.75) is 25.4 Å². The predicted octanol–water partition coefficient (Wildman–Crippen LogP) is 2.31. The number of aliphatic hydroxyl groups excluding tert-OH is 1. The minimum absolute atomic E-state index is 0.196. The van der Waals surface area contributed by atoms with Crippen LogP contribution in [0.2, 0.25) is 0 Å². The van der Waals surface area contributed by atoms with Gasteiger partial charge in [-0.3, -0.25) is 0 Å². The molecule has 70 valence electrons. The minimum Gasteiger partial charge on any atom is -0.393 e.